The van der Waals surface area contributed by atoms with Crippen LogP contribution in [-0.4, -0.2) is 58.0 Å². The van der Waals surface area contributed by atoms with Crippen LogP contribution in [0.2, 0.25) is 0 Å². The normalized spacial score (nSPS) is 22.9. The summed E-state index contributed by atoms with van der Waals surface area (Å²) in [5.41, 5.74) is 0.999. The number of sulfone groups is 1. The predicted molar refractivity (Wildman–Crippen MR) is 107 cm³/mol. The standard InChI is InChI=1S/C19H25N3O3S2/c23-18(13-26-19-20-12-16-8-4-5-10-21(16)19)22(15-6-2-1-3-7-15)17-9-11-27(24,25)14-17/h4-5,8,10,12,15,17H,1-3,6-7,9,11,13-14H2. The van der Waals surface area contributed by atoms with Crippen molar-refractivity contribution < 1.29 is 13.2 Å². The van der Waals surface area contributed by atoms with E-state index in [0.717, 1.165) is 36.4 Å². The zero-order chi connectivity index (χ0) is 18.9. The number of rotatable bonds is 5. The molecule has 1 saturated heterocycles. The van der Waals surface area contributed by atoms with Crippen molar-refractivity contribution >= 4 is 33.0 Å². The number of fused-ring (bicyclic) bond motifs is 1. The van der Waals surface area contributed by atoms with E-state index in [0.29, 0.717) is 12.2 Å². The quantitative estimate of drug-likeness (QED) is 0.713. The van der Waals surface area contributed by atoms with Crippen molar-refractivity contribution in [2.45, 2.75) is 55.8 Å². The van der Waals surface area contributed by atoms with Crippen molar-refractivity contribution in [3.63, 3.8) is 0 Å². The summed E-state index contributed by atoms with van der Waals surface area (Å²) in [6.07, 6.45) is 9.72. The van der Waals surface area contributed by atoms with Crippen LogP contribution in [0.1, 0.15) is 38.5 Å². The third-order valence-corrected chi connectivity index (χ3v) is 8.29. The molecule has 0 bridgehead atoms. The molecule has 1 aliphatic heterocycles. The Morgan fingerprint density at radius 2 is 2.00 bits per heavy atom. The summed E-state index contributed by atoms with van der Waals surface area (Å²) in [5, 5.41) is 0.793. The van der Waals surface area contributed by atoms with Gasteiger partial charge in [0.2, 0.25) is 5.91 Å². The van der Waals surface area contributed by atoms with E-state index in [2.05, 4.69) is 4.98 Å². The van der Waals surface area contributed by atoms with E-state index in [1.54, 1.807) is 6.20 Å². The second kappa shape index (κ2) is 7.83. The van der Waals surface area contributed by atoms with Crippen LogP contribution in [0.3, 0.4) is 0 Å². The Morgan fingerprint density at radius 3 is 2.74 bits per heavy atom. The first-order valence-electron chi connectivity index (χ1n) is 9.60. The Bertz CT molecular complexity index is 919. The number of pyridine rings is 1. The average molecular weight is 408 g/mol. The fourth-order valence-corrected chi connectivity index (χ4v) is 6.83. The maximum Gasteiger partial charge on any atom is 0.233 e. The van der Waals surface area contributed by atoms with Gasteiger partial charge in [0.15, 0.2) is 15.0 Å². The summed E-state index contributed by atoms with van der Waals surface area (Å²) in [7, 11) is -3.02. The Hall–Kier alpha value is -1.54. The van der Waals surface area contributed by atoms with Crippen LogP contribution >= 0.6 is 11.8 Å². The van der Waals surface area contributed by atoms with Crippen molar-refractivity contribution in [3.05, 3.63) is 30.6 Å². The van der Waals surface area contributed by atoms with Crippen molar-refractivity contribution in [3.8, 4) is 0 Å². The highest BCUT2D eigenvalue weighted by atomic mass is 32.2. The molecule has 146 valence electrons. The van der Waals surface area contributed by atoms with Gasteiger partial charge in [0.1, 0.15) is 0 Å². The largest absolute Gasteiger partial charge is 0.335 e. The molecule has 2 aromatic rings. The number of thioether (sulfide) groups is 1. The molecule has 0 aromatic carbocycles. The van der Waals surface area contributed by atoms with E-state index in [1.165, 1.54) is 18.2 Å². The highest BCUT2D eigenvalue weighted by molar-refractivity contribution is 7.99. The third kappa shape index (κ3) is 4.16. The average Bonchev–Trinajstić information content (AvgIpc) is 3.24. The molecule has 1 atom stereocenters. The van der Waals surface area contributed by atoms with E-state index in [4.69, 9.17) is 0 Å². The van der Waals surface area contributed by atoms with Gasteiger partial charge >= 0.3 is 0 Å². The van der Waals surface area contributed by atoms with Crippen LogP contribution in [0, 0.1) is 0 Å². The monoisotopic (exact) mass is 407 g/mol. The lowest BCUT2D eigenvalue weighted by molar-refractivity contribution is -0.133. The topological polar surface area (TPSA) is 71.8 Å². The molecule has 2 aliphatic rings. The molecule has 8 heteroatoms. The second-order valence-electron chi connectivity index (χ2n) is 7.47. The number of hydrogen-bond donors (Lipinski definition) is 0. The third-order valence-electron chi connectivity index (χ3n) is 5.59. The number of amides is 1. The molecular weight excluding hydrogens is 382 g/mol. The molecule has 2 aromatic heterocycles. The molecule has 2 fully saturated rings. The number of aromatic nitrogens is 2. The van der Waals surface area contributed by atoms with Gasteiger partial charge in [-0.1, -0.05) is 37.1 Å². The van der Waals surface area contributed by atoms with E-state index < -0.39 is 9.84 Å². The van der Waals surface area contributed by atoms with Gasteiger partial charge in [-0.25, -0.2) is 13.4 Å². The van der Waals surface area contributed by atoms with Crippen LogP contribution in [0.25, 0.3) is 5.52 Å². The molecule has 0 N–H and O–H groups in total. The number of imidazole rings is 1. The smallest absolute Gasteiger partial charge is 0.233 e. The molecule has 27 heavy (non-hydrogen) atoms. The summed E-state index contributed by atoms with van der Waals surface area (Å²) in [5.74, 6) is 0.654. The minimum Gasteiger partial charge on any atom is -0.335 e. The Balaban J connectivity index is 1.49. The van der Waals surface area contributed by atoms with Gasteiger partial charge in [-0.2, -0.15) is 0 Å². The van der Waals surface area contributed by atoms with Crippen molar-refractivity contribution in [1.82, 2.24) is 14.3 Å². The minimum atomic E-state index is -3.02. The highest BCUT2D eigenvalue weighted by Gasteiger charge is 2.38. The van der Waals surface area contributed by atoms with Gasteiger partial charge in [-0.15, -0.1) is 0 Å². The molecule has 6 nitrogen and oxygen atoms in total. The van der Waals surface area contributed by atoms with E-state index in [9.17, 15) is 13.2 Å². The molecule has 3 heterocycles. The first-order valence-corrected chi connectivity index (χ1v) is 12.4. The Labute approximate surface area is 164 Å². The summed E-state index contributed by atoms with van der Waals surface area (Å²) in [6, 6.07) is 5.90. The van der Waals surface area contributed by atoms with Gasteiger partial charge in [0.25, 0.3) is 0 Å². The first-order chi connectivity index (χ1) is 13.0. The van der Waals surface area contributed by atoms with Gasteiger partial charge < -0.3 is 4.90 Å². The van der Waals surface area contributed by atoms with Crippen molar-refractivity contribution in [2.75, 3.05) is 17.3 Å². The number of carbonyl (C=O) groups excluding carboxylic acids is 1. The Kier molecular flexibility index (Phi) is 5.45. The first kappa shape index (κ1) is 18.8. The fourth-order valence-electron chi connectivity index (χ4n) is 4.29. The van der Waals surface area contributed by atoms with Gasteiger partial charge in [0, 0.05) is 18.3 Å². The number of nitrogens with zero attached hydrogens (tertiary/aromatic N) is 3. The fraction of sp³-hybridized carbons (Fsp3) is 0.579. The molecule has 0 spiro atoms. The maximum absolute atomic E-state index is 13.1. The molecule has 0 radical (unpaired) electrons. The molecule has 1 unspecified atom stereocenters. The van der Waals surface area contributed by atoms with Crippen LogP contribution in [0.5, 0.6) is 0 Å². The van der Waals surface area contributed by atoms with Gasteiger partial charge in [-0.05, 0) is 31.4 Å². The summed E-state index contributed by atoms with van der Waals surface area (Å²) in [6.45, 7) is 0. The van der Waals surface area contributed by atoms with Gasteiger partial charge in [-0.3, -0.25) is 9.20 Å². The number of hydrogen-bond acceptors (Lipinski definition) is 5. The Morgan fingerprint density at radius 1 is 1.19 bits per heavy atom. The summed E-state index contributed by atoms with van der Waals surface area (Å²) in [4.78, 5) is 19.5. The molecule has 4 rings (SSSR count). The summed E-state index contributed by atoms with van der Waals surface area (Å²) < 4.78 is 25.9. The predicted octanol–water partition coefficient (Wildman–Crippen LogP) is 2.77. The zero-order valence-corrected chi connectivity index (χ0v) is 16.9. The second-order valence-corrected chi connectivity index (χ2v) is 10.6. The van der Waals surface area contributed by atoms with Crippen molar-refractivity contribution in [2.24, 2.45) is 0 Å². The van der Waals surface area contributed by atoms with E-state index in [-0.39, 0.29) is 29.5 Å². The van der Waals surface area contributed by atoms with E-state index >= 15 is 0 Å². The minimum absolute atomic E-state index is 0.0432. The SMILES string of the molecule is O=C(CSc1ncc2ccccn12)N(C1CCCCC1)C1CCS(=O)(=O)C1. The van der Waals surface area contributed by atoms with Crippen LogP contribution in [-0.2, 0) is 14.6 Å². The molecule has 1 aliphatic carbocycles. The van der Waals surface area contributed by atoms with Crippen LogP contribution < -0.4 is 0 Å². The lowest BCUT2D eigenvalue weighted by atomic mass is 9.93. The lowest BCUT2D eigenvalue weighted by Gasteiger charge is -2.38. The number of carbonyl (C=O) groups is 1. The zero-order valence-electron chi connectivity index (χ0n) is 15.3. The van der Waals surface area contributed by atoms with Crippen LogP contribution in [0.15, 0.2) is 35.7 Å². The lowest BCUT2D eigenvalue weighted by Crippen LogP contribution is -2.49. The molecular formula is C19H25N3O3S2. The molecule has 1 saturated carbocycles. The van der Waals surface area contributed by atoms with E-state index in [1.807, 2.05) is 33.7 Å². The van der Waals surface area contributed by atoms with Crippen LogP contribution in [0.4, 0.5) is 0 Å². The highest BCUT2D eigenvalue weighted by Crippen LogP contribution is 2.29. The van der Waals surface area contributed by atoms with Gasteiger partial charge in [0.05, 0.1) is 29.0 Å². The maximum atomic E-state index is 13.1. The summed E-state index contributed by atoms with van der Waals surface area (Å²) >= 11 is 1.43. The molecule has 1 amide bonds. The van der Waals surface area contributed by atoms with Crippen molar-refractivity contribution in [1.29, 1.82) is 0 Å².